The van der Waals surface area contributed by atoms with E-state index < -0.39 is 36.4 Å². The lowest BCUT2D eigenvalue weighted by atomic mass is 10.1. The van der Waals surface area contributed by atoms with Crippen molar-refractivity contribution in [1.29, 1.82) is 0 Å². The largest absolute Gasteiger partial charge is 0.494 e. The summed E-state index contributed by atoms with van der Waals surface area (Å²) in [4.78, 5) is 16.0. The standard InChI is InChI=1S/C38H42F2N6O6S3/c1-23(2)37-44-34(25-8-6-9-26(21-25)45-55(49,50)36-28(39)10-7-11-29(36)40)35(53-37)30-12-15-41-38(42-30)43-31-20-24(3)32(22-33(31)51-4)52-27-13-16-46(17-14-27)18-19-54(5,47)48/h6-12,15,20-23,27,45H,13-14,16-19H2,1-5H3,(H,41,42,43). The van der Waals surface area contributed by atoms with Crippen molar-refractivity contribution in [3.63, 3.8) is 0 Å². The van der Waals surface area contributed by atoms with Gasteiger partial charge in [0.25, 0.3) is 10.0 Å². The Balaban J connectivity index is 1.22. The van der Waals surface area contributed by atoms with Gasteiger partial charge in [0.1, 0.15) is 39.1 Å². The van der Waals surface area contributed by atoms with E-state index in [0.29, 0.717) is 51.5 Å². The molecule has 0 radical (unpaired) electrons. The number of halogens is 2. The van der Waals surface area contributed by atoms with Gasteiger partial charge in [-0.25, -0.2) is 40.6 Å². The Morgan fingerprint density at radius 1 is 0.964 bits per heavy atom. The molecule has 0 saturated carbocycles. The number of hydrogen-bond donors (Lipinski definition) is 2. The average Bonchev–Trinajstić information content (AvgIpc) is 3.58. The molecule has 2 N–H and O–H groups in total. The van der Waals surface area contributed by atoms with E-state index in [1.165, 1.54) is 23.7 Å². The summed E-state index contributed by atoms with van der Waals surface area (Å²) in [6.45, 7) is 8.00. The third kappa shape index (κ3) is 9.76. The molecule has 0 amide bonds. The summed E-state index contributed by atoms with van der Waals surface area (Å²) in [6, 6.07) is 14.8. The lowest BCUT2D eigenvalue weighted by Crippen LogP contribution is -2.40. The number of rotatable bonds is 14. The van der Waals surface area contributed by atoms with Gasteiger partial charge in [0.05, 0.1) is 39.8 Å². The van der Waals surface area contributed by atoms with Gasteiger partial charge < -0.3 is 19.7 Å². The topological polar surface area (TPSA) is 153 Å². The number of likely N-dealkylation sites (tertiary alicyclic amines) is 1. The van der Waals surface area contributed by atoms with Crippen molar-refractivity contribution in [2.75, 3.05) is 48.8 Å². The highest BCUT2D eigenvalue weighted by atomic mass is 32.2. The van der Waals surface area contributed by atoms with E-state index in [-0.39, 0.29) is 23.5 Å². The van der Waals surface area contributed by atoms with E-state index in [9.17, 15) is 25.6 Å². The maximum absolute atomic E-state index is 14.4. The SMILES string of the molecule is COc1cc(OC2CCN(CCS(C)(=O)=O)CC2)c(C)cc1Nc1nccc(-c2sc(C(C)C)nc2-c2cccc(NS(=O)(=O)c3c(F)cccc3F)c2)n1. The van der Waals surface area contributed by atoms with Crippen LogP contribution in [0.15, 0.2) is 71.8 Å². The number of anilines is 3. The first-order chi connectivity index (χ1) is 26.1. The summed E-state index contributed by atoms with van der Waals surface area (Å²) >= 11 is 1.44. The number of aryl methyl sites for hydroxylation is 1. The molecule has 6 rings (SSSR count). The predicted molar refractivity (Wildman–Crippen MR) is 211 cm³/mol. The number of thiazole rings is 1. The highest BCUT2D eigenvalue weighted by Crippen LogP contribution is 2.40. The molecule has 12 nitrogen and oxygen atoms in total. The maximum atomic E-state index is 14.4. The summed E-state index contributed by atoms with van der Waals surface area (Å²) in [5.41, 5.74) is 3.27. The Labute approximate surface area is 324 Å². The third-order valence-corrected chi connectivity index (χ3v) is 12.7. The molecule has 3 heterocycles. The number of nitrogens with one attached hydrogen (secondary N) is 2. The lowest BCUT2D eigenvalue weighted by molar-refractivity contribution is 0.103. The molecule has 0 bridgehead atoms. The predicted octanol–water partition coefficient (Wildman–Crippen LogP) is 7.42. The first-order valence-corrected chi connectivity index (χ1v) is 21.9. The molecule has 1 fully saturated rings. The zero-order valence-corrected chi connectivity index (χ0v) is 33.4. The number of methoxy groups -OCH3 is 1. The van der Waals surface area contributed by atoms with Gasteiger partial charge in [0, 0.05) is 55.3 Å². The van der Waals surface area contributed by atoms with Crippen molar-refractivity contribution in [2.45, 2.75) is 50.5 Å². The molecule has 2 aromatic heterocycles. The van der Waals surface area contributed by atoms with Gasteiger partial charge in [-0.1, -0.05) is 32.0 Å². The van der Waals surface area contributed by atoms with E-state index in [1.807, 2.05) is 32.9 Å². The van der Waals surface area contributed by atoms with Crippen LogP contribution in [-0.4, -0.2) is 81.5 Å². The van der Waals surface area contributed by atoms with Gasteiger partial charge in [-0.15, -0.1) is 11.3 Å². The third-order valence-electron chi connectivity index (χ3n) is 8.95. The van der Waals surface area contributed by atoms with Crippen LogP contribution in [0.2, 0.25) is 0 Å². The molecular weight excluding hydrogens is 771 g/mol. The number of aromatic nitrogens is 3. The number of hydrogen-bond acceptors (Lipinski definition) is 12. The molecule has 5 aromatic rings. The minimum Gasteiger partial charge on any atom is -0.494 e. The van der Waals surface area contributed by atoms with Crippen LogP contribution in [0.1, 0.15) is 43.2 Å². The highest BCUT2D eigenvalue weighted by molar-refractivity contribution is 7.92. The zero-order chi connectivity index (χ0) is 39.5. The summed E-state index contributed by atoms with van der Waals surface area (Å²) in [5.74, 6) is -0.678. The number of benzene rings is 3. The first-order valence-electron chi connectivity index (χ1n) is 17.5. The van der Waals surface area contributed by atoms with Gasteiger partial charge >= 0.3 is 0 Å². The quantitative estimate of drug-likeness (QED) is 0.115. The summed E-state index contributed by atoms with van der Waals surface area (Å²) in [7, 11) is -6.04. The van der Waals surface area contributed by atoms with Crippen molar-refractivity contribution in [3.05, 3.63) is 89.1 Å². The van der Waals surface area contributed by atoms with Crippen LogP contribution in [0.25, 0.3) is 21.8 Å². The molecule has 1 saturated heterocycles. The van der Waals surface area contributed by atoms with Gasteiger partial charge in [-0.3, -0.25) is 4.72 Å². The van der Waals surface area contributed by atoms with Gasteiger partial charge in [0.15, 0.2) is 4.90 Å². The van der Waals surface area contributed by atoms with E-state index in [4.69, 9.17) is 19.4 Å². The Kier molecular flexibility index (Phi) is 12.0. The van der Waals surface area contributed by atoms with Crippen LogP contribution in [0.5, 0.6) is 11.5 Å². The fourth-order valence-corrected chi connectivity index (χ4v) is 8.92. The molecule has 17 heteroatoms. The van der Waals surface area contributed by atoms with E-state index in [0.717, 1.165) is 54.7 Å². The molecule has 0 spiro atoms. The number of ether oxygens (including phenoxy) is 2. The van der Waals surface area contributed by atoms with Crippen LogP contribution in [0, 0.1) is 18.6 Å². The van der Waals surface area contributed by atoms with Crippen LogP contribution >= 0.6 is 11.3 Å². The summed E-state index contributed by atoms with van der Waals surface area (Å²) in [5, 5.41) is 4.10. The van der Waals surface area contributed by atoms with Crippen LogP contribution in [-0.2, 0) is 19.9 Å². The second-order valence-electron chi connectivity index (χ2n) is 13.6. The Bertz CT molecular complexity index is 2380. The van der Waals surface area contributed by atoms with E-state index in [2.05, 4.69) is 19.9 Å². The fraction of sp³-hybridized carbons (Fsp3) is 0.342. The second kappa shape index (κ2) is 16.6. The fourth-order valence-electron chi connectivity index (χ4n) is 6.08. The van der Waals surface area contributed by atoms with E-state index in [1.54, 1.807) is 37.6 Å². The minimum absolute atomic E-state index is 0.0169. The second-order valence-corrected chi connectivity index (χ2v) is 18.5. The lowest BCUT2D eigenvalue weighted by Gasteiger charge is -2.32. The molecule has 292 valence electrons. The normalized spacial score (nSPS) is 14.3. The monoisotopic (exact) mass is 812 g/mol. The number of sulfone groups is 1. The Morgan fingerprint density at radius 3 is 2.35 bits per heavy atom. The molecule has 1 aliphatic heterocycles. The maximum Gasteiger partial charge on any atom is 0.267 e. The van der Waals surface area contributed by atoms with Crippen molar-refractivity contribution in [3.8, 4) is 33.3 Å². The molecule has 55 heavy (non-hydrogen) atoms. The molecule has 0 atom stereocenters. The molecule has 1 aliphatic rings. The molecule has 0 aliphatic carbocycles. The van der Waals surface area contributed by atoms with E-state index >= 15 is 0 Å². The minimum atomic E-state index is -4.59. The van der Waals surface area contributed by atoms with Crippen LogP contribution in [0.4, 0.5) is 26.1 Å². The molecule has 3 aromatic carbocycles. The molecule has 0 unspecified atom stereocenters. The Hall–Kier alpha value is -4.71. The highest BCUT2D eigenvalue weighted by Gasteiger charge is 2.26. The average molecular weight is 813 g/mol. The van der Waals surface area contributed by atoms with Gasteiger partial charge in [-0.05, 0) is 61.7 Å². The summed E-state index contributed by atoms with van der Waals surface area (Å²) in [6.07, 6.45) is 4.41. The van der Waals surface area contributed by atoms with Crippen LogP contribution < -0.4 is 19.5 Å². The van der Waals surface area contributed by atoms with Crippen LogP contribution in [0.3, 0.4) is 0 Å². The smallest absolute Gasteiger partial charge is 0.267 e. The zero-order valence-electron chi connectivity index (χ0n) is 31.0. The number of nitrogens with zero attached hydrogens (tertiary/aromatic N) is 4. The first kappa shape index (κ1) is 40.0. The Morgan fingerprint density at radius 2 is 1.67 bits per heavy atom. The van der Waals surface area contributed by atoms with Gasteiger partial charge in [-0.2, -0.15) is 0 Å². The van der Waals surface area contributed by atoms with Crippen molar-refractivity contribution < 1.29 is 35.1 Å². The number of piperidine rings is 1. The molecular formula is C38H42F2N6O6S3. The van der Waals surface area contributed by atoms with Crippen molar-refractivity contribution >= 4 is 48.5 Å². The van der Waals surface area contributed by atoms with Crippen molar-refractivity contribution in [2.24, 2.45) is 0 Å². The van der Waals surface area contributed by atoms with Gasteiger partial charge in [0.2, 0.25) is 5.95 Å². The summed E-state index contributed by atoms with van der Waals surface area (Å²) < 4.78 is 92.4. The van der Waals surface area contributed by atoms with Crippen molar-refractivity contribution in [1.82, 2.24) is 19.9 Å². The number of sulfonamides is 1.